The summed E-state index contributed by atoms with van der Waals surface area (Å²) in [6.45, 7) is 5.42. The number of carbonyl (C=O) groups is 1. The number of esters is 1. The van der Waals surface area contributed by atoms with Crippen LogP contribution < -0.4 is 0 Å². The molecule has 0 amide bonds. The highest BCUT2D eigenvalue weighted by Gasteiger charge is 2.08. The SMILES string of the molecule is C=Cc1cc(C)c(C(=O)OC)cn1. The van der Waals surface area contributed by atoms with E-state index in [1.54, 1.807) is 12.1 Å². The van der Waals surface area contributed by atoms with Crippen molar-refractivity contribution in [1.29, 1.82) is 0 Å². The van der Waals surface area contributed by atoms with E-state index in [2.05, 4.69) is 16.3 Å². The van der Waals surface area contributed by atoms with Crippen molar-refractivity contribution in [2.45, 2.75) is 6.92 Å². The molecule has 0 saturated heterocycles. The second-order valence-electron chi connectivity index (χ2n) is 2.62. The van der Waals surface area contributed by atoms with E-state index in [4.69, 9.17) is 0 Å². The van der Waals surface area contributed by atoms with Crippen LogP contribution in [0.2, 0.25) is 0 Å². The van der Waals surface area contributed by atoms with Crippen molar-refractivity contribution in [3.8, 4) is 0 Å². The molecular weight excluding hydrogens is 166 g/mol. The number of methoxy groups -OCH3 is 1. The van der Waals surface area contributed by atoms with Crippen molar-refractivity contribution in [3.63, 3.8) is 0 Å². The van der Waals surface area contributed by atoms with E-state index in [0.717, 1.165) is 11.3 Å². The van der Waals surface area contributed by atoms with Crippen molar-refractivity contribution in [2.75, 3.05) is 7.11 Å². The van der Waals surface area contributed by atoms with Gasteiger partial charge in [-0.1, -0.05) is 6.58 Å². The zero-order chi connectivity index (χ0) is 9.84. The largest absolute Gasteiger partial charge is 0.465 e. The molecule has 1 rings (SSSR count). The van der Waals surface area contributed by atoms with Crippen LogP contribution in [0.1, 0.15) is 21.6 Å². The summed E-state index contributed by atoms with van der Waals surface area (Å²) in [5, 5.41) is 0. The highest BCUT2D eigenvalue weighted by Crippen LogP contribution is 2.09. The predicted octanol–water partition coefficient (Wildman–Crippen LogP) is 1.82. The quantitative estimate of drug-likeness (QED) is 0.647. The molecule has 0 spiro atoms. The zero-order valence-electron chi connectivity index (χ0n) is 7.70. The topological polar surface area (TPSA) is 39.2 Å². The Bertz CT molecular complexity index is 345. The summed E-state index contributed by atoms with van der Waals surface area (Å²) >= 11 is 0. The number of rotatable bonds is 2. The minimum atomic E-state index is -0.361. The van der Waals surface area contributed by atoms with Crippen LogP contribution in [0.5, 0.6) is 0 Å². The fraction of sp³-hybridized carbons (Fsp3) is 0.200. The average molecular weight is 177 g/mol. The van der Waals surface area contributed by atoms with Gasteiger partial charge in [0.15, 0.2) is 0 Å². The van der Waals surface area contributed by atoms with Crippen molar-refractivity contribution < 1.29 is 9.53 Å². The standard InChI is InChI=1S/C10H11NO2/c1-4-8-5-7(2)9(6-11-8)10(12)13-3/h4-6H,1H2,2-3H3. The summed E-state index contributed by atoms with van der Waals surface area (Å²) in [5.41, 5.74) is 2.09. The maximum atomic E-state index is 11.1. The smallest absolute Gasteiger partial charge is 0.339 e. The van der Waals surface area contributed by atoms with Gasteiger partial charge in [-0.25, -0.2) is 4.79 Å². The van der Waals surface area contributed by atoms with Crippen LogP contribution in [0.3, 0.4) is 0 Å². The van der Waals surface area contributed by atoms with Gasteiger partial charge in [0, 0.05) is 6.20 Å². The Balaban J connectivity index is 3.12. The van der Waals surface area contributed by atoms with E-state index >= 15 is 0 Å². The van der Waals surface area contributed by atoms with Crippen LogP contribution in [0, 0.1) is 6.92 Å². The second-order valence-corrected chi connectivity index (χ2v) is 2.62. The number of carbonyl (C=O) groups excluding carboxylic acids is 1. The van der Waals surface area contributed by atoms with E-state index in [0.29, 0.717) is 5.56 Å². The molecule has 1 aromatic rings. The molecule has 0 N–H and O–H groups in total. The van der Waals surface area contributed by atoms with Gasteiger partial charge in [0.25, 0.3) is 0 Å². The lowest BCUT2D eigenvalue weighted by atomic mass is 10.1. The first-order valence-electron chi connectivity index (χ1n) is 3.86. The lowest BCUT2D eigenvalue weighted by Gasteiger charge is -2.03. The molecule has 3 nitrogen and oxygen atoms in total. The maximum Gasteiger partial charge on any atom is 0.339 e. The van der Waals surface area contributed by atoms with Gasteiger partial charge in [-0.15, -0.1) is 0 Å². The summed E-state index contributed by atoms with van der Waals surface area (Å²) < 4.78 is 4.59. The third kappa shape index (κ3) is 1.93. The molecule has 0 aliphatic rings. The second kappa shape index (κ2) is 3.85. The third-order valence-electron chi connectivity index (χ3n) is 1.75. The monoisotopic (exact) mass is 177 g/mol. The molecule has 1 aromatic heterocycles. The van der Waals surface area contributed by atoms with Crippen molar-refractivity contribution >= 4 is 12.0 Å². The molecule has 0 bridgehead atoms. The number of aryl methyl sites for hydroxylation is 1. The van der Waals surface area contributed by atoms with Gasteiger partial charge >= 0.3 is 5.97 Å². The molecule has 0 aliphatic carbocycles. The van der Waals surface area contributed by atoms with Gasteiger partial charge < -0.3 is 4.74 Å². The predicted molar refractivity (Wildman–Crippen MR) is 50.4 cm³/mol. The molecular formula is C10H11NO2. The van der Waals surface area contributed by atoms with Crippen LogP contribution in [0.25, 0.3) is 6.08 Å². The highest BCUT2D eigenvalue weighted by atomic mass is 16.5. The first-order chi connectivity index (χ1) is 6.19. The zero-order valence-corrected chi connectivity index (χ0v) is 7.70. The van der Waals surface area contributed by atoms with Gasteiger partial charge in [-0.3, -0.25) is 4.98 Å². The summed E-state index contributed by atoms with van der Waals surface area (Å²) in [4.78, 5) is 15.2. The Morgan fingerprint density at radius 3 is 2.85 bits per heavy atom. The first kappa shape index (κ1) is 9.45. The summed E-state index contributed by atoms with van der Waals surface area (Å²) in [7, 11) is 1.35. The number of nitrogens with zero attached hydrogens (tertiary/aromatic N) is 1. The molecule has 68 valence electrons. The van der Waals surface area contributed by atoms with Gasteiger partial charge in [-0.2, -0.15) is 0 Å². The molecule has 13 heavy (non-hydrogen) atoms. The number of hydrogen-bond acceptors (Lipinski definition) is 3. The van der Waals surface area contributed by atoms with E-state index < -0.39 is 0 Å². The third-order valence-corrected chi connectivity index (χ3v) is 1.75. The van der Waals surface area contributed by atoms with E-state index in [1.165, 1.54) is 13.3 Å². The summed E-state index contributed by atoms with van der Waals surface area (Å²) in [5.74, 6) is -0.361. The Labute approximate surface area is 77.1 Å². The minimum absolute atomic E-state index is 0.361. The maximum absolute atomic E-state index is 11.1. The summed E-state index contributed by atoms with van der Waals surface area (Å²) in [6, 6.07) is 1.79. The van der Waals surface area contributed by atoms with Crippen molar-refractivity contribution in [1.82, 2.24) is 4.98 Å². The number of ether oxygens (including phenoxy) is 1. The van der Waals surface area contributed by atoms with Crippen LogP contribution in [0.15, 0.2) is 18.8 Å². The Kier molecular flexibility index (Phi) is 2.80. The van der Waals surface area contributed by atoms with Crippen LogP contribution in [0.4, 0.5) is 0 Å². The minimum Gasteiger partial charge on any atom is -0.465 e. The van der Waals surface area contributed by atoms with Gasteiger partial charge in [0.1, 0.15) is 0 Å². The van der Waals surface area contributed by atoms with Gasteiger partial charge in [0.2, 0.25) is 0 Å². The molecule has 0 atom stereocenters. The Hall–Kier alpha value is -1.64. The fourth-order valence-electron chi connectivity index (χ4n) is 1.01. The van der Waals surface area contributed by atoms with Crippen molar-refractivity contribution in [3.05, 3.63) is 35.7 Å². The molecule has 0 unspecified atom stereocenters. The van der Waals surface area contributed by atoms with Gasteiger partial charge in [-0.05, 0) is 24.6 Å². The lowest BCUT2D eigenvalue weighted by molar-refractivity contribution is 0.0599. The fourth-order valence-corrected chi connectivity index (χ4v) is 1.01. The van der Waals surface area contributed by atoms with Crippen LogP contribution in [-0.4, -0.2) is 18.1 Å². The summed E-state index contributed by atoms with van der Waals surface area (Å²) in [6.07, 6.45) is 3.13. The molecule has 0 aliphatic heterocycles. The Morgan fingerprint density at radius 1 is 1.69 bits per heavy atom. The van der Waals surface area contributed by atoms with E-state index in [-0.39, 0.29) is 5.97 Å². The number of pyridine rings is 1. The Morgan fingerprint density at radius 2 is 2.38 bits per heavy atom. The number of hydrogen-bond donors (Lipinski definition) is 0. The molecule has 0 aromatic carbocycles. The molecule has 1 heterocycles. The normalized spacial score (nSPS) is 9.38. The van der Waals surface area contributed by atoms with Gasteiger partial charge in [0.05, 0.1) is 18.4 Å². The number of aromatic nitrogens is 1. The molecule has 0 saturated carbocycles. The van der Waals surface area contributed by atoms with E-state index in [1.807, 2.05) is 6.92 Å². The van der Waals surface area contributed by atoms with E-state index in [9.17, 15) is 4.79 Å². The lowest BCUT2D eigenvalue weighted by Crippen LogP contribution is -2.04. The molecule has 3 heteroatoms. The van der Waals surface area contributed by atoms with Crippen LogP contribution in [-0.2, 0) is 4.74 Å². The molecule has 0 radical (unpaired) electrons. The van der Waals surface area contributed by atoms with Crippen molar-refractivity contribution in [2.24, 2.45) is 0 Å². The van der Waals surface area contributed by atoms with Crippen LogP contribution >= 0.6 is 0 Å². The highest BCUT2D eigenvalue weighted by molar-refractivity contribution is 5.90. The first-order valence-corrected chi connectivity index (χ1v) is 3.86. The molecule has 0 fully saturated rings. The average Bonchev–Trinajstić information content (AvgIpc) is 2.16.